The Labute approximate surface area is 301 Å². The third-order valence-corrected chi connectivity index (χ3v) is 6.91. The quantitative estimate of drug-likeness (QED) is 0.0722. The molecule has 2 rings (SSSR count). The van der Waals surface area contributed by atoms with Crippen LogP contribution in [0.5, 0.6) is 0 Å². The number of carbonyl (C=O) groups excluding carboxylic acids is 7. The lowest BCUT2D eigenvalue weighted by Gasteiger charge is -2.33. The smallest absolute Gasteiger partial charge is 0.394 e. The van der Waals surface area contributed by atoms with Gasteiger partial charge in [0.25, 0.3) is 5.91 Å². The number of hydrogen-bond donors (Lipinski definition) is 17. The molecule has 0 aromatic carbocycles. The van der Waals surface area contributed by atoms with E-state index in [1.807, 2.05) is 5.32 Å². The molecule has 53 heavy (non-hydrogen) atoms. The van der Waals surface area contributed by atoms with Gasteiger partial charge in [0.1, 0.15) is 29.9 Å². The van der Waals surface area contributed by atoms with Crippen molar-refractivity contribution in [1.82, 2.24) is 42.5 Å². The topological polar surface area (TPSA) is 467 Å². The molecule has 0 aliphatic carbocycles. The van der Waals surface area contributed by atoms with Gasteiger partial charge in [0.15, 0.2) is 12.2 Å². The highest BCUT2D eigenvalue weighted by Gasteiger charge is 2.37. The first-order valence-electron chi connectivity index (χ1n) is 15.4. The van der Waals surface area contributed by atoms with E-state index in [1.165, 1.54) is 0 Å². The Morgan fingerprint density at radius 1 is 0.962 bits per heavy atom. The number of urea groups is 1. The second-order valence-corrected chi connectivity index (χ2v) is 12.1. The second-order valence-electron chi connectivity index (χ2n) is 11.2. The Bertz CT molecular complexity index is 1500. The van der Waals surface area contributed by atoms with Gasteiger partial charge in [-0.15, -0.1) is 0 Å². The molecule has 27 nitrogen and oxygen atoms in total. The number of hydrogen-bond acceptors (Lipinski definition) is 17. The number of aliphatic hydroxyl groups is 3. The first-order chi connectivity index (χ1) is 24.7. The average molecular weight is 784 g/mol. The molecule has 1 saturated heterocycles. The number of amides is 8. The molecule has 2 heterocycles. The van der Waals surface area contributed by atoms with Crippen molar-refractivity contribution in [3.63, 3.8) is 0 Å². The highest BCUT2D eigenvalue weighted by atomic mass is 32.3. The lowest BCUT2D eigenvalue weighted by atomic mass is 10.0. The van der Waals surface area contributed by atoms with Crippen LogP contribution in [-0.4, -0.2) is 149 Å². The molecule has 0 aromatic rings. The maximum absolute atomic E-state index is 13.6. The van der Waals surface area contributed by atoms with Crippen LogP contribution >= 0.6 is 0 Å². The van der Waals surface area contributed by atoms with Gasteiger partial charge >= 0.3 is 16.4 Å². The van der Waals surface area contributed by atoms with Gasteiger partial charge in [-0.3, -0.25) is 37.9 Å². The molecule has 0 aromatic heterocycles. The molecule has 28 heteroatoms. The van der Waals surface area contributed by atoms with Crippen LogP contribution in [0.15, 0.2) is 16.9 Å². The van der Waals surface area contributed by atoms with Crippen LogP contribution < -0.4 is 65.5 Å². The van der Waals surface area contributed by atoms with Crippen molar-refractivity contribution in [1.29, 1.82) is 0 Å². The van der Waals surface area contributed by atoms with Gasteiger partial charge < -0.3 is 80.8 Å². The fraction of sp³-hybridized carbons (Fsp3) is 0.600. The minimum absolute atomic E-state index is 0.245. The number of primary amides is 1. The van der Waals surface area contributed by atoms with Gasteiger partial charge in [-0.25, -0.2) is 9.79 Å². The number of aliphatic hydroxyl groups excluding tert-OH is 3. The van der Waals surface area contributed by atoms with Gasteiger partial charge in [0.2, 0.25) is 29.5 Å². The van der Waals surface area contributed by atoms with Gasteiger partial charge in [0.05, 0.1) is 19.3 Å². The maximum atomic E-state index is 13.6. The Morgan fingerprint density at radius 2 is 1.55 bits per heavy atom. The summed E-state index contributed by atoms with van der Waals surface area (Å²) in [5.41, 5.74) is 21.5. The number of nitrogens with one attached hydrogen (secondary N) is 8. The first-order valence-corrected chi connectivity index (χ1v) is 16.8. The van der Waals surface area contributed by atoms with Crippen LogP contribution in [0, 0.1) is 0 Å². The van der Waals surface area contributed by atoms with Crippen molar-refractivity contribution in [3.8, 4) is 0 Å². The Kier molecular flexibility index (Phi) is 19.0. The number of rotatable bonds is 10. The molecular formula is C25H45N13O14S. The fourth-order valence-corrected chi connectivity index (χ4v) is 4.46. The van der Waals surface area contributed by atoms with Crippen molar-refractivity contribution in [3.05, 3.63) is 11.9 Å². The molecular weight excluding hydrogens is 738 g/mol. The van der Waals surface area contributed by atoms with Crippen LogP contribution in [0.3, 0.4) is 0 Å². The zero-order valence-corrected chi connectivity index (χ0v) is 28.7. The molecule has 7 atom stereocenters. The zero-order valence-electron chi connectivity index (χ0n) is 27.9. The van der Waals surface area contributed by atoms with Crippen LogP contribution in [0.25, 0.3) is 0 Å². The van der Waals surface area contributed by atoms with E-state index in [-0.39, 0.29) is 18.8 Å². The monoisotopic (exact) mass is 783 g/mol. The maximum Gasteiger partial charge on any atom is 0.394 e. The second kappa shape index (κ2) is 22.0. The average Bonchev–Trinajstić information content (AvgIpc) is 3.05. The summed E-state index contributed by atoms with van der Waals surface area (Å²) in [5.74, 6) is -6.65. The molecule has 21 N–H and O–H groups in total. The lowest BCUT2D eigenvalue weighted by Crippen LogP contribution is -2.64. The predicted molar refractivity (Wildman–Crippen MR) is 178 cm³/mol. The minimum atomic E-state index is -4.67. The molecule has 0 saturated carbocycles. The largest absolute Gasteiger partial charge is 0.394 e. The van der Waals surface area contributed by atoms with Crippen LogP contribution in [0.1, 0.15) is 25.7 Å². The van der Waals surface area contributed by atoms with Gasteiger partial charge in [-0.05, 0) is 19.4 Å². The highest BCUT2D eigenvalue weighted by molar-refractivity contribution is 7.79. The summed E-state index contributed by atoms with van der Waals surface area (Å²) < 4.78 is 31.6. The Morgan fingerprint density at radius 3 is 2.09 bits per heavy atom. The number of carbonyl (C=O) groups is 7. The molecule has 8 amide bonds. The van der Waals surface area contributed by atoms with Crippen molar-refractivity contribution >= 4 is 57.8 Å². The van der Waals surface area contributed by atoms with Crippen LogP contribution in [0.4, 0.5) is 4.79 Å². The Balaban J connectivity index is 0.00000262. The van der Waals surface area contributed by atoms with Crippen molar-refractivity contribution in [2.75, 3.05) is 26.3 Å². The third kappa shape index (κ3) is 17.7. The lowest BCUT2D eigenvalue weighted by molar-refractivity contribution is -0.135. The molecule has 300 valence electrons. The minimum Gasteiger partial charge on any atom is -0.394 e. The zero-order chi connectivity index (χ0) is 40.5. The normalized spacial score (nSPS) is 26.1. The van der Waals surface area contributed by atoms with Gasteiger partial charge in [-0.2, -0.15) is 8.42 Å². The molecule has 0 bridgehead atoms. The van der Waals surface area contributed by atoms with Gasteiger partial charge in [0, 0.05) is 31.6 Å². The van der Waals surface area contributed by atoms with E-state index in [2.05, 4.69) is 42.2 Å². The SMILES string of the molecule is NCCCC(N)CC(=O)NC1CNC(=O)C(C2CC(O)N=C(N)N2)NC(=O)C(=CNC(N)=O)NC(=O)C(CO)NC(=O)C(CO)NC1=O.O=S(=O)(O)O. The summed E-state index contributed by atoms with van der Waals surface area (Å²) in [5, 5.41) is 47.9. The fourth-order valence-electron chi connectivity index (χ4n) is 4.46. The van der Waals surface area contributed by atoms with E-state index in [1.54, 1.807) is 0 Å². The summed E-state index contributed by atoms with van der Waals surface area (Å²) in [7, 11) is -4.67. The number of nitrogens with two attached hydrogens (primary N) is 4. The molecule has 1 fully saturated rings. The van der Waals surface area contributed by atoms with Crippen LogP contribution in [0.2, 0.25) is 0 Å². The Hall–Kier alpha value is -5.23. The molecule has 2 aliphatic rings. The molecule has 7 unspecified atom stereocenters. The van der Waals surface area contributed by atoms with Crippen molar-refractivity contribution < 1.29 is 66.4 Å². The number of nitrogens with zero attached hydrogens (tertiary/aromatic N) is 1. The van der Waals surface area contributed by atoms with Crippen molar-refractivity contribution in [2.45, 2.75) is 68.2 Å². The third-order valence-electron chi connectivity index (χ3n) is 6.91. The summed E-state index contributed by atoms with van der Waals surface area (Å²) >= 11 is 0. The van der Waals surface area contributed by atoms with E-state index >= 15 is 0 Å². The summed E-state index contributed by atoms with van der Waals surface area (Å²) in [4.78, 5) is 94.0. The molecule has 0 radical (unpaired) electrons. The summed E-state index contributed by atoms with van der Waals surface area (Å²) in [6.07, 6.45) is -0.339. The van der Waals surface area contributed by atoms with Crippen molar-refractivity contribution in [2.24, 2.45) is 27.9 Å². The number of guanidine groups is 1. The molecule has 0 spiro atoms. The van der Waals surface area contributed by atoms with Crippen LogP contribution in [-0.2, 0) is 39.2 Å². The standard InChI is InChI=1S/C25H43N13O10.H2O4S/c26-3-1-2-10(27)4-16(41)32-12-6-30-23(47)18(11-5-17(42)37-24(28)36-11)38-20(44)13(7-31-25(29)48)33-21(45)14(8-39)35-22(46)15(9-40)34-19(12)43;1-5(2,3)4/h7,10-12,14-15,17-18,39-40,42H,1-6,8-9,26-27H2,(H,30,47)(H,32,41)(H,33,45)(H,34,43)(H,35,46)(H,38,44)(H3,28,36,37)(H3,29,31,48);(H2,1,2,3,4). The van der Waals surface area contributed by atoms with E-state index in [0.717, 1.165) is 0 Å². The van der Waals surface area contributed by atoms with E-state index < -0.39 is 120 Å². The summed E-state index contributed by atoms with van der Waals surface area (Å²) in [6.45, 7) is -2.36. The predicted octanol–water partition coefficient (Wildman–Crippen LogP) is -9.54. The first kappa shape index (κ1) is 45.8. The molecule has 2 aliphatic heterocycles. The highest BCUT2D eigenvalue weighted by Crippen LogP contribution is 2.11. The van der Waals surface area contributed by atoms with E-state index in [9.17, 15) is 48.9 Å². The number of aliphatic imine (C=N–C) groups is 1. The van der Waals surface area contributed by atoms with E-state index in [0.29, 0.717) is 25.6 Å². The van der Waals surface area contributed by atoms with E-state index in [4.69, 9.17) is 40.5 Å². The van der Waals surface area contributed by atoms with Gasteiger partial charge in [-0.1, -0.05) is 0 Å². The summed E-state index contributed by atoms with van der Waals surface area (Å²) in [6, 6.07) is -9.66.